The molecule has 0 saturated carbocycles. The summed E-state index contributed by atoms with van der Waals surface area (Å²) < 4.78 is 5.42. The highest BCUT2D eigenvalue weighted by Crippen LogP contribution is 2.25. The van der Waals surface area contributed by atoms with Gasteiger partial charge in [0.05, 0.1) is 6.61 Å². The molecule has 3 nitrogen and oxygen atoms in total. The molecule has 2 rings (SSSR count). The molecule has 13 heavy (non-hydrogen) atoms. The van der Waals surface area contributed by atoms with Crippen molar-refractivity contribution < 1.29 is 4.74 Å². The first-order chi connectivity index (χ1) is 6.36. The van der Waals surface area contributed by atoms with E-state index >= 15 is 0 Å². The minimum Gasteiger partial charge on any atom is -0.384 e. The van der Waals surface area contributed by atoms with E-state index in [0.29, 0.717) is 11.7 Å². The second-order valence-corrected chi connectivity index (χ2v) is 3.43. The number of hydrogen-bond donors (Lipinski definition) is 1. The zero-order valence-corrected chi connectivity index (χ0v) is 7.57. The van der Waals surface area contributed by atoms with Crippen molar-refractivity contribution in [2.45, 2.75) is 18.8 Å². The van der Waals surface area contributed by atoms with Gasteiger partial charge in [0.15, 0.2) is 0 Å². The maximum Gasteiger partial charge on any atom is 0.123 e. The number of rotatable bonds is 1. The molecule has 0 bridgehead atoms. The van der Waals surface area contributed by atoms with Gasteiger partial charge in [-0.05, 0) is 30.5 Å². The van der Waals surface area contributed by atoms with Crippen molar-refractivity contribution in [3.05, 3.63) is 23.9 Å². The summed E-state index contributed by atoms with van der Waals surface area (Å²) in [7, 11) is 0. The molecule has 1 aromatic rings. The average Bonchev–Trinajstić information content (AvgIpc) is 2.19. The molecular weight excluding hydrogens is 164 g/mol. The van der Waals surface area contributed by atoms with Crippen LogP contribution in [0.5, 0.6) is 0 Å². The van der Waals surface area contributed by atoms with Crippen molar-refractivity contribution in [3.8, 4) is 0 Å². The zero-order chi connectivity index (χ0) is 9.10. The molecular formula is C10H14N2O. The Balaban J connectivity index is 2.14. The van der Waals surface area contributed by atoms with Gasteiger partial charge < -0.3 is 10.5 Å². The van der Waals surface area contributed by atoms with E-state index < -0.39 is 0 Å². The van der Waals surface area contributed by atoms with Gasteiger partial charge >= 0.3 is 0 Å². The lowest BCUT2D eigenvalue weighted by atomic mass is 9.94. The minimum absolute atomic E-state index is 0.513. The maximum absolute atomic E-state index is 5.61. The molecule has 0 spiro atoms. The van der Waals surface area contributed by atoms with Crippen LogP contribution in [0.2, 0.25) is 0 Å². The molecule has 1 aromatic heterocycles. The number of anilines is 1. The van der Waals surface area contributed by atoms with Gasteiger partial charge in [0.1, 0.15) is 5.82 Å². The number of nitrogens with zero attached hydrogens (tertiary/aromatic N) is 1. The number of ether oxygens (including phenoxy) is 1. The Hall–Kier alpha value is -1.09. The molecule has 1 atom stereocenters. The Bertz CT molecular complexity index is 282. The van der Waals surface area contributed by atoms with Crippen LogP contribution in [0.4, 0.5) is 5.82 Å². The van der Waals surface area contributed by atoms with E-state index in [9.17, 15) is 0 Å². The van der Waals surface area contributed by atoms with Gasteiger partial charge in [-0.25, -0.2) is 4.98 Å². The summed E-state index contributed by atoms with van der Waals surface area (Å²) >= 11 is 0. The van der Waals surface area contributed by atoms with E-state index in [-0.39, 0.29) is 0 Å². The van der Waals surface area contributed by atoms with Gasteiger partial charge in [-0.1, -0.05) is 0 Å². The quantitative estimate of drug-likeness (QED) is 0.710. The summed E-state index contributed by atoms with van der Waals surface area (Å²) in [6, 6.07) is 3.97. The van der Waals surface area contributed by atoms with E-state index in [2.05, 4.69) is 4.98 Å². The van der Waals surface area contributed by atoms with Crippen LogP contribution in [0.15, 0.2) is 18.3 Å². The topological polar surface area (TPSA) is 48.1 Å². The monoisotopic (exact) mass is 178 g/mol. The van der Waals surface area contributed by atoms with E-state index in [0.717, 1.165) is 19.6 Å². The highest BCUT2D eigenvalue weighted by atomic mass is 16.5. The zero-order valence-electron chi connectivity index (χ0n) is 7.57. The number of pyridine rings is 1. The number of hydrogen-bond acceptors (Lipinski definition) is 3. The molecule has 0 radical (unpaired) electrons. The summed E-state index contributed by atoms with van der Waals surface area (Å²) in [6.07, 6.45) is 4.11. The first-order valence-electron chi connectivity index (χ1n) is 4.65. The molecule has 2 N–H and O–H groups in total. The van der Waals surface area contributed by atoms with Crippen molar-refractivity contribution in [1.29, 1.82) is 0 Å². The van der Waals surface area contributed by atoms with Crippen LogP contribution >= 0.6 is 0 Å². The van der Waals surface area contributed by atoms with E-state index in [1.807, 2.05) is 12.1 Å². The molecule has 2 heterocycles. The van der Waals surface area contributed by atoms with Crippen LogP contribution in [-0.2, 0) is 4.74 Å². The summed E-state index contributed by atoms with van der Waals surface area (Å²) in [5.41, 5.74) is 6.87. The fraction of sp³-hybridized carbons (Fsp3) is 0.500. The second kappa shape index (κ2) is 3.75. The van der Waals surface area contributed by atoms with Crippen LogP contribution < -0.4 is 5.73 Å². The first-order valence-corrected chi connectivity index (χ1v) is 4.65. The standard InChI is InChI=1S/C10H14N2O/c11-10-6-8(3-4-12-10)9-2-1-5-13-7-9/h3-4,6,9H,1-2,5,7H2,(H2,11,12). The van der Waals surface area contributed by atoms with Gasteiger partial charge in [0.25, 0.3) is 0 Å². The van der Waals surface area contributed by atoms with Crippen molar-refractivity contribution in [2.75, 3.05) is 18.9 Å². The Morgan fingerprint density at radius 3 is 3.15 bits per heavy atom. The molecule has 3 heteroatoms. The van der Waals surface area contributed by atoms with Gasteiger partial charge in [0.2, 0.25) is 0 Å². The van der Waals surface area contributed by atoms with Crippen LogP contribution in [0.1, 0.15) is 24.3 Å². The van der Waals surface area contributed by atoms with Gasteiger partial charge in [-0.2, -0.15) is 0 Å². The van der Waals surface area contributed by atoms with Crippen molar-refractivity contribution in [2.24, 2.45) is 0 Å². The Morgan fingerprint density at radius 1 is 1.54 bits per heavy atom. The Kier molecular flexibility index (Phi) is 2.45. The van der Waals surface area contributed by atoms with Crippen LogP contribution in [0, 0.1) is 0 Å². The summed E-state index contributed by atoms with van der Waals surface area (Å²) in [5.74, 6) is 1.11. The SMILES string of the molecule is Nc1cc(C2CCCOC2)ccn1. The second-order valence-electron chi connectivity index (χ2n) is 3.43. The summed E-state index contributed by atoms with van der Waals surface area (Å²) in [5, 5.41) is 0. The third kappa shape index (κ3) is 1.98. The van der Waals surface area contributed by atoms with Crippen molar-refractivity contribution in [1.82, 2.24) is 4.98 Å². The number of nitrogens with two attached hydrogens (primary N) is 1. The molecule has 1 unspecified atom stereocenters. The lowest BCUT2D eigenvalue weighted by Gasteiger charge is -2.22. The van der Waals surface area contributed by atoms with Gasteiger partial charge in [0, 0.05) is 18.7 Å². The molecule has 1 saturated heterocycles. The lowest BCUT2D eigenvalue weighted by Crippen LogP contribution is -2.15. The Morgan fingerprint density at radius 2 is 2.46 bits per heavy atom. The number of aromatic nitrogens is 1. The normalized spacial score (nSPS) is 22.9. The van der Waals surface area contributed by atoms with Crippen molar-refractivity contribution >= 4 is 5.82 Å². The molecule has 1 aliphatic heterocycles. The van der Waals surface area contributed by atoms with Crippen molar-refractivity contribution in [3.63, 3.8) is 0 Å². The third-order valence-corrected chi connectivity index (χ3v) is 2.44. The summed E-state index contributed by atoms with van der Waals surface area (Å²) in [4.78, 5) is 3.97. The molecule has 0 amide bonds. The van der Waals surface area contributed by atoms with Crippen LogP contribution in [-0.4, -0.2) is 18.2 Å². The third-order valence-electron chi connectivity index (χ3n) is 2.44. The number of nitrogen functional groups attached to an aromatic ring is 1. The van der Waals surface area contributed by atoms with E-state index in [4.69, 9.17) is 10.5 Å². The van der Waals surface area contributed by atoms with E-state index in [1.165, 1.54) is 12.0 Å². The average molecular weight is 178 g/mol. The van der Waals surface area contributed by atoms with E-state index in [1.54, 1.807) is 6.20 Å². The molecule has 0 aliphatic carbocycles. The molecule has 1 aliphatic rings. The predicted octanol–water partition coefficient (Wildman–Crippen LogP) is 1.56. The smallest absolute Gasteiger partial charge is 0.123 e. The predicted molar refractivity (Wildman–Crippen MR) is 51.4 cm³/mol. The first kappa shape index (κ1) is 8.51. The maximum atomic E-state index is 5.61. The fourth-order valence-electron chi connectivity index (χ4n) is 1.72. The lowest BCUT2D eigenvalue weighted by molar-refractivity contribution is 0.0804. The largest absolute Gasteiger partial charge is 0.384 e. The summed E-state index contributed by atoms with van der Waals surface area (Å²) in [6.45, 7) is 1.72. The van der Waals surface area contributed by atoms with Gasteiger partial charge in [-0.15, -0.1) is 0 Å². The Labute approximate surface area is 77.9 Å². The highest BCUT2D eigenvalue weighted by Gasteiger charge is 2.15. The highest BCUT2D eigenvalue weighted by molar-refractivity contribution is 5.33. The minimum atomic E-state index is 0.513. The van der Waals surface area contributed by atoms with Crippen LogP contribution in [0.25, 0.3) is 0 Å². The molecule has 0 aromatic carbocycles. The fourth-order valence-corrected chi connectivity index (χ4v) is 1.72. The molecule has 1 fully saturated rings. The van der Waals surface area contributed by atoms with Gasteiger partial charge in [-0.3, -0.25) is 0 Å². The molecule has 70 valence electrons. The van der Waals surface area contributed by atoms with Crippen LogP contribution in [0.3, 0.4) is 0 Å².